The first-order valence-electron chi connectivity index (χ1n) is 14.5. The maximum Gasteiger partial charge on any atom is 0.280 e. The lowest BCUT2D eigenvalue weighted by Gasteiger charge is -2.29. The van der Waals surface area contributed by atoms with Gasteiger partial charge in [-0.1, -0.05) is 37.6 Å². The molecule has 1 aliphatic heterocycles. The van der Waals surface area contributed by atoms with E-state index in [0.717, 1.165) is 22.4 Å². The average Bonchev–Trinajstić information content (AvgIpc) is 3.51. The summed E-state index contributed by atoms with van der Waals surface area (Å²) in [5.74, 6) is -0.139. The average molecular weight is 604 g/mol. The van der Waals surface area contributed by atoms with Gasteiger partial charge in [0.15, 0.2) is 0 Å². The van der Waals surface area contributed by atoms with Gasteiger partial charge in [-0.05, 0) is 62.1 Å². The van der Waals surface area contributed by atoms with Gasteiger partial charge in [-0.15, -0.1) is 11.3 Å². The number of rotatable bonds is 8. The number of amides is 1. The van der Waals surface area contributed by atoms with E-state index in [9.17, 15) is 18.4 Å². The van der Waals surface area contributed by atoms with Crippen molar-refractivity contribution in [3.63, 3.8) is 0 Å². The van der Waals surface area contributed by atoms with Crippen LogP contribution in [0.25, 0.3) is 33.6 Å². The Kier molecular flexibility index (Phi) is 9.27. The molecule has 0 aliphatic carbocycles. The molecule has 0 bridgehead atoms. The van der Waals surface area contributed by atoms with E-state index in [-0.39, 0.29) is 17.2 Å². The number of para-hydroxylation sites is 1. The number of carbonyl (C=O) groups excluding carboxylic acids is 1. The van der Waals surface area contributed by atoms with Gasteiger partial charge in [0.2, 0.25) is 0 Å². The molecule has 224 valence electrons. The van der Waals surface area contributed by atoms with Gasteiger partial charge >= 0.3 is 0 Å². The predicted molar refractivity (Wildman–Crippen MR) is 168 cm³/mol. The number of pyridine rings is 2. The minimum atomic E-state index is -2.66. The molecule has 1 saturated heterocycles. The molecule has 1 aromatic carbocycles. The quantitative estimate of drug-likeness (QED) is 0.247. The number of thiazole rings is 1. The molecule has 4 aromatic rings. The monoisotopic (exact) mass is 603 g/mol. The van der Waals surface area contributed by atoms with E-state index in [4.69, 9.17) is 4.98 Å². The number of aromatic nitrogens is 3. The summed E-state index contributed by atoms with van der Waals surface area (Å²) >= 11 is 1.27. The summed E-state index contributed by atoms with van der Waals surface area (Å²) in [6.07, 6.45) is 2.02. The normalized spacial score (nSPS) is 13.4. The van der Waals surface area contributed by atoms with Crippen LogP contribution in [0.15, 0.2) is 58.3 Å². The smallest absolute Gasteiger partial charge is 0.280 e. The highest BCUT2D eigenvalue weighted by molar-refractivity contribution is 7.13. The number of benzene rings is 1. The molecule has 43 heavy (non-hydrogen) atoms. The van der Waals surface area contributed by atoms with Crippen molar-refractivity contribution in [2.24, 2.45) is 0 Å². The lowest BCUT2D eigenvalue weighted by molar-refractivity contribution is 0.0735. The molecule has 1 N–H and O–H groups in total. The summed E-state index contributed by atoms with van der Waals surface area (Å²) in [6.45, 7) is 10.5. The maximum atomic E-state index is 14.6. The molecule has 0 unspecified atom stereocenters. The minimum Gasteiger partial charge on any atom is -0.336 e. The molecule has 3 aromatic heterocycles. The van der Waals surface area contributed by atoms with Crippen molar-refractivity contribution in [1.82, 2.24) is 24.8 Å². The molecule has 1 amide bonds. The Hall–Kier alpha value is -4.02. The molecule has 0 radical (unpaired) electrons. The topological polar surface area (TPSA) is 80.1 Å². The number of alkyl halides is 2. The van der Waals surface area contributed by atoms with Crippen LogP contribution in [-0.2, 0) is 12.8 Å². The third-order valence-corrected chi connectivity index (χ3v) is 8.40. The van der Waals surface area contributed by atoms with Crippen molar-refractivity contribution in [3.05, 3.63) is 92.0 Å². The standard InChI is InChI=1S/C33H35F2N5O2S/c1-5-21-8-7-9-22(6-2)29(21)40-28(16-20(3)4)24(32(41)39-14-12-36-13-15-39)17-25(33(40)42)31-38-27(19-43-31)23-10-11-26(30(34)35)37-18-23/h7-11,16-19,30,36H,5-6,12-15H2,1-4H3. The van der Waals surface area contributed by atoms with Crippen LogP contribution in [0.5, 0.6) is 0 Å². The number of allylic oxidation sites excluding steroid dienone is 1. The Morgan fingerprint density at radius 3 is 2.37 bits per heavy atom. The molecule has 4 heterocycles. The van der Waals surface area contributed by atoms with Gasteiger partial charge in [-0.25, -0.2) is 13.8 Å². The van der Waals surface area contributed by atoms with E-state index in [1.54, 1.807) is 22.1 Å². The van der Waals surface area contributed by atoms with Crippen molar-refractivity contribution < 1.29 is 13.6 Å². The zero-order valence-corrected chi connectivity index (χ0v) is 25.6. The second-order valence-corrected chi connectivity index (χ2v) is 11.6. The molecule has 0 saturated carbocycles. The summed E-state index contributed by atoms with van der Waals surface area (Å²) in [6, 6.07) is 10.6. The van der Waals surface area contributed by atoms with E-state index in [1.807, 2.05) is 43.0 Å². The number of hydrogen-bond acceptors (Lipinski definition) is 6. The molecule has 7 nitrogen and oxygen atoms in total. The predicted octanol–water partition coefficient (Wildman–Crippen LogP) is 6.55. The zero-order valence-electron chi connectivity index (χ0n) is 24.8. The highest BCUT2D eigenvalue weighted by atomic mass is 32.1. The largest absolute Gasteiger partial charge is 0.336 e. The molecule has 10 heteroatoms. The maximum absolute atomic E-state index is 14.6. The fourth-order valence-corrected chi connectivity index (χ4v) is 6.19. The first-order chi connectivity index (χ1) is 20.7. The van der Waals surface area contributed by atoms with Gasteiger partial charge in [-0.2, -0.15) is 0 Å². The van der Waals surface area contributed by atoms with Gasteiger partial charge < -0.3 is 10.2 Å². The summed E-state index contributed by atoms with van der Waals surface area (Å²) < 4.78 is 27.8. The Morgan fingerprint density at radius 1 is 1.09 bits per heavy atom. The van der Waals surface area contributed by atoms with Crippen molar-refractivity contribution >= 4 is 23.3 Å². The number of nitrogens with zero attached hydrogens (tertiary/aromatic N) is 4. The van der Waals surface area contributed by atoms with E-state index < -0.39 is 6.43 Å². The molecule has 0 spiro atoms. The lowest BCUT2D eigenvalue weighted by Crippen LogP contribution is -2.47. The second-order valence-electron chi connectivity index (χ2n) is 10.7. The van der Waals surface area contributed by atoms with E-state index >= 15 is 0 Å². The Labute approximate surface area is 253 Å². The van der Waals surface area contributed by atoms with E-state index in [0.29, 0.717) is 72.1 Å². The minimum absolute atomic E-state index is 0.139. The number of carbonyl (C=O) groups is 1. The van der Waals surface area contributed by atoms with Gasteiger partial charge in [0, 0.05) is 43.3 Å². The van der Waals surface area contributed by atoms with E-state index in [1.165, 1.54) is 23.6 Å². The first kappa shape index (κ1) is 30.4. The molecular formula is C33H35F2N5O2S. The first-order valence-corrected chi connectivity index (χ1v) is 15.4. The number of nitrogens with one attached hydrogen (secondary N) is 1. The van der Waals surface area contributed by atoms with Crippen LogP contribution in [0.2, 0.25) is 0 Å². The summed E-state index contributed by atoms with van der Waals surface area (Å²) in [7, 11) is 0. The zero-order chi connectivity index (χ0) is 30.7. The molecule has 1 aliphatic rings. The summed E-state index contributed by atoms with van der Waals surface area (Å²) in [4.78, 5) is 39.2. The van der Waals surface area contributed by atoms with Crippen LogP contribution >= 0.6 is 11.3 Å². The van der Waals surface area contributed by atoms with Crippen molar-refractivity contribution in [2.45, 2.75) is 47.0 Å². The van der Waals surface area contributed by atoms with Gasteiger partial charge in [0.1, 0.15) is 10.7 Å². The molecule has 1 fully saturated rings. The van der Waals surface area contributed by atoms with Crippen molar-refractivity contribution in [1.29, 1.82) is 0 Å². The summed E-state index contributed by atoms with van der Waals surface area (Å²) in [5.41, 5.74) is 5.57. The van der Waals surface area contributed by atoms with Gasteiger partial charge in [0.05, 0.1) is 28.2 Å². The SMILES string of the molecule is CCc1cccc(CC)c1-n1c(C=C(C)C)c(C(=O)N2CCNCC2)cc(-c2nc(-c3ccc(C(F)F)nc3)cs2)c1=O. The van der Waals surface area contributed by atoms with Crippen LogP contribution in [0, 0.1) is 0 Å². The van der Waals surface area contributed by atoms with Crippen LogP contribution in [0.4, 0.5) is 8.78 Å². The van der Waals surface area contributed by atoms with Gasteiger partial charge in [0.25, 0.3) is 17.9 Å². The fourth-order valence-electron chi connectivity index (χ4n) is 5.35. The highest BCUT2D eigenvalue weighted by Crippen LogP contribution is 2.32. The number of halogens is 2. The Morgan fingerprint density at radius 2 is 1.79 bits per heavy atom. The molecule has 5 rings (SSSR count). The number of aryl methyl sites for hydroxylation is 2. The van der Waals surface area contributed by atoms with Crippen LogP contribution in [0.1, 0.15) is 67.0 Å². The van der Waals surface area contributed by atoms with Crippen LogP contribution in [-0.4, -0.2) is 51.5 Å². The lowest BCUT2D eigenvalue weighted by atomic mass is 9.99. The summed E-state index contributed by atoms with van der Waals surface area (Å²) in [5, 5.41) is 5.51. The van der Waals surface area contributed by atoms with Crippen LogP contribution < -0.4 is 10.9 Å². The van der Waals surface area contributed by atoms with E-state index in [2.05, 4.69) is 24.1 Å². The van der Waals surface area contributed by atoms with Crippen LogP contribution in [0.3, 0.4) is 0 Å². The highest BCUT2D eigenvalue weighted by Gasteiger charge is 2.27. The third-order valence-electron chi connectivity index (χ3n) is 7.53. The van der Waals surface area contributed by atoms with Gasteiger partial charge in [-0.3, -0.25) is 19.1 Å². The molecule has 0 atom stereocenters. The third kappa shape index (κ3) is 6.21. The number of hydrogen-bond donors (Lipinski definition) is 1. The Balaban J connectivity index is 1.78. The van der Waals surface area contributed by atoms with Crippen molar-refractivity contribution in [2.75, 3.05) is 26.2 Å². The van der Waals surface area contributed by atoms with Crippen molar-refractivity contribution in [3.8, 4) is 27.5 Å². The Bertz CT molecular complexity index is 1690. The number of piperazine rings is 1. The fraction of sp³-hybridized carbons (Fsp3) is 0.333. The molecular weight excluding hydrogens is 568 g/mol. The second kappa shape index (κ2) is 13.1.